The van der Waals surface area contributed by atoms with Crippen LogP contribution in [0.4, 0.5) is 0 Å². The topological polar surface area (TPSA) is 26.0 Å². The molecule has 0 bridgehead atoms. The van der Waals surface area contributed by atoms with Gasteiger partial charge in [-0.15, -0.1) is 0 Å². The summed E-state index contributed by atoms with van der Waals surface area (Å²) in [4.78, 5) is 0. The molecule has 1 aromatic rings. The van der Waals surface area contributed by atoms with Gasteiger partial charge in [-0.1, -0.05) is 48.7 Å². The van der Waals surface area contributed by atoms with Crippen LogP contribution in [0.5, 0.6) is 0 Å². The monoisotopic (exact) mass is 279 g/mol. The van der Waals surface area contributed by atoms with Crippen LogP contribution in [0.15, 0.2) is 12.1 Å². The molecule has 16 heavy (non-hydrogen) atoms. The fourth-order valence-corrected chi connectivity index (χ4v) is 2.36. The molecule has 0 aromatic heterocycles. The highest BCUT2D eigenvalue weighted by atomic mass is 35.5. The quantitative estimate of drug-likeness (QED) is 0.764. The normalized spacial score (nSPS) is 13.2. The minimum atomic E-state index is -0.152. The van der Waals surface area contributed by atoms with Crippen LogP contribution in [0.25, 0.3) is 0 Å². The Balaban J connectivity index is 2.90. The van der Waals surface area contributed by atoms with E-state index in [4.69, 9.17) is 40.5 Å². The van der Waals surface area contributed by atoms with E-state index in [1.54, 1.807) is 12.1 Å². The number of hydrogen-bond acceptors (Lipinski definition) is 1. The van der Waals surface area contributed by atoms with Gasteiger partial charge in [0, 0.05) is 16.6 Å². The fraction of sp³-hybridized carbons (Fsp3) is 0.500. The van der Waals surface area contributed by atoms with Gasteiger partial charge < -0.3 is 5.73 Å². The van der Waals surface area contributed by atoms with Gasteiger partial charge in [0.25, 0.3) is 0 Å². The molecule has 0 radical (unpaired) electrons. The molecule has 0 aliphatic heterocycles. The maximum Gasteiger partial charge on any atom is 0.0654 e. The standard InChI is InChI=1S/C12H16Cl3N/c1-7(2)3-6-10(16)11-8(13)4-5-9(14)12(11)15/h4-5,7,10H,3,6,16H2,1-2H3/t10-/m0/s1. The molecule has 0 aliphatic carbocycles. The first-order valence-corrected chi connectivity index (χ1v) is 6.45. The van der Waals surface area contributed by atoms with Gasteiger partial charge >= 0.3 is 0 Å². The Morgan fingerprint density at radius 2 is 1.62 bits per heavy atom. The summed E-state index contributed by atoms with van der Waals surface area (Å²) in [6, 6.07) is 3.27. The molecule has 0 aliphatic rings. The number of rotatable bonds is 4. The molecule has 0 saturated heterocycles. The summed E-state index contributed by atoms with van der Waals surface area (Å²) in [7, 11) is 0. The molecular formula is C12H16Cl3N. The van der Waals surface area contributed by atoms with Crippen LogP contribution in [0, 0.1) is 5.92 Å². The van der Waals surface area contributed by atoms with Crippen LogP contribution in [0.2, 0.25) is 15.1 Å². The molecule has 0 saturated carbocycles. The Bertz CT molecular complexity index is 364. The van der Waals surface area contributed by atoms with E-state index < -0.39 is 0 Å². The van der Waals surface area contributed by atoms with Crippen molar-refractivity contribution in [2.24, 2.45) is 11.7 Å². The number of benzene rings is 1. The Morgan fingerprint density at radius 1 is 1.06 bits per heavy atom. The molecule has 90 valence electrons. The maximum absolute atomic E-state index is 6.11. The van der Waals surface area contributed by atoms with Crippen LogP contribution < -0.4 is 5.73 Å². The zero-order valence-electron chi connectivity index (χ0n) is 9.43. The molecule has 1 atom stereocenters. The van der Waals surface area contributed by atoms with E-state index in [1.165, 1.54) is 0 Å². The van der Waals surface area contributed by atoms with E-state index in [0.29, 0.717) is 21.0 Å². The minimum absolute atomic E-state index is 0.152. The summed E-state index contributed by atoms with van der Waals surface area (Å²) in [6.45, 7) is 4.32. The Labute approximate surface area is 112 Å². The average molecular weight is 281 g/mol. The average Bonchev–Trinajstić information content (AvgIpc) is 2.21. The van der Waals surface area contributed by atoms with Crippen molar-refractivity contribution in [1.29, 1.82) is 0 Å². The predicted octanol–water partition coefficient (Wildman–Crippen LogP) is 5.08. The van der Waals surface area contributed by atoms with E-state index in [0.717, 1.165) is 18.4 Å². The molecular weight excluding hydrogens is 264 g/mol. The zero-order valence-corrected chi connectivity index (χ0v) is 11.7. The molecule has 2 N–H and O–H groups in total. The van der Waals surface area contributed by atoms with Crippen molar-refractivity contribution in [3.63, 3.8) is 0 Å². The molecule has 1 nitrogen and oxygen atoms in total. The highest BCUT2D eigenvalue weighted by molar-refractivity contribution is 6.44. The zero-order chi connectivity index (χ0) is 12.3. The smallest absolute Gasteiger partial charge is 0.0654 e. The van der Waals surface area contributed by atoms with Crippen LogP contribution >= 0.6 is 34.8 Å². The summed E-state index contributed by atoms with van der Waals surface area (Å²) < 4.78 is 0. The highest BCUT2D eigenvalue weighted by Gasteiger charge is 2.16. The number of halogens is 3. The third-order valence-corrected chi connectivity index (χ3v) is 3.65. The SMILES string of the molecule is CC(C)CC[C@H](N)c1c(Cl)ccc(Cl)c1Cl. The van der Waals surface area contributed by atoms with Gasteiger partial charge in [0.2, 0.25) is 0 Å². The van der Waals surface area contributed by atoms with Gasteiger partial charge in [-0.2, -0.15) is 0 Å². The summed E-state index contributed by atoms with van der Waals surface area (Å²) >= 11 is 18.1. The lowest BCUT2D eigenvalue weighted by Crippen LogP contribution is -2.12. The maximum atomic E-state index is 6.11. The van der Waals surface area contributed by atoms with Gasteiger partial charge in [-0.25, -0.2) is 0 Å². The van der Waals surface area contributed by atoms with Crippen LogP contribution in [0.3, 0.4) is 0 Å². The van der Waals surface area contributed by atoms with Gasteiger partial charge in [-0.05, 0) is 30.9 Å². The first-order valence-electron chi connectivity index (χ1n) is 5.32. The summed E-state index contributed by atoms with van der Waals surface area (Å²) in [5, 5.41) is 1.57. The molecule has 4 heteroatoms. The van der Waals surface area contributed by atoms with Crippen LogP contribution in [0.1, 0.15) is 38.3 Å². The van der Waals surface area contributed by atoms with Gasteiger partial charge in [-0.3, -0.25) is 0 Å². The number of nitrogens with two attached hydrogens (primary N) is 1. The second-order valence-electron chi connectivity index (χ2n) is 4.33. The molecule has 0 heterocycles. The van der Waals surface area contributed by atoms with Crippen molar-refractivity contribution < 1.29 is 0 Å². The van der Waals surface area contributed by atoms with Crippen molar-refractivity contribution in [3.05, 3.63) is 32.8 Å². The van der Waals surface area contributed by atoms with Crippen molar-refractivity contribution in [3.8, 4) is 0 Å². The van der Waals surface area contributed by atoms with Crippen molar-refractivity contribution in [1.82, 2.24) is 0 Å². The third-order valence-electron chi connectivity index (χ3n) is 2.51. The van der Waals surface area contributed by atoms with E-state index in [-0.39, 0.29) is 6.04 Å². The molecule has 0 amide bonds. The predicted molar refractivity (Wildman–Crippen MR) is 72.5 cm³/mol. The van der Waals surface area contributed by atoms with Crippen molar-refractivity contribution in [2.75, 3.05) is 0 Å². The molecule has 1 aromatic carbocycles. The van der Waals surface area contributed by atoms with E-state index in [1.807, 2.05) is 0 Å². The van der Waals surface area contributed by atoms with E-state index in [2.05, 4.69) is 13.8 Å². The lowest BCUT2D eigenvalue weighted by atomic mass is 9.98. The Kier molecular flexibility index (Phi) is 5.39. The largest absolute Gasteiger partial charge is 0.324 e. The highest BCUT2D eigenvalue weighted by Crippen LogP contribution is 2.36. The first-order chi connectivity index (χ1) is 7.43. The fourth-order valence-electron chi connectivity index (χ4n) is 1.54. The van der Waals surface area contributed by atoms with Crippen LogP contribution in [-0.4, -0.2) is 0 Å². The molecule has 1 rings (SSSR count). The molecule has 0 unspecified atom stereocenters. The van der Waals surface area contributed by atoms with Crippen LogP contribution in [-0.2, 0) is 0 Å². The minimum Gasteiger partial charge on any atom is -0.324 e. The van der Waals surface area contributed by atoms with Gasteiger partial charge in [0.05, 0.1) is 10.0 Å². The summed E-state index contributed by atoms with van der Waals surface area (Å²) in [5.74, 6) is 0.614. The van der Waals surface area contributed by atoms with E-state index >= 15 is 0 Å². The van der Waals surface area contributed by atoms with Gasteiger partial charge in [0.15, 0.2) is 0 Å². The first kappa shape index (κ1) is 14.1. The van der Waals surface area contributed by atoms with E-state index in [9.17, 15) is 0 Å². The lowest BCUT2D eigenvalue weighted by molar-refractivity contribution is 0.507. The second-order valence-corrected chi connectivity index (χ2v) is 5.53. The lowest BCUT2D eigenvalue weighted by Gasteiger charge is -2.17. The van der Waals surface area contributed by atoms with Crippen molar-refractivity contribution in [2.45, 2.75) is 32.7 Å². The second kappa shape index (κ2) is 6.11. The summed E-state index contributed by atoms with van der Waals surface area (Å²) in [5.41, 5.74) is 6.85. The third kappa shape index (κ3) is 3.53. The molecule has 0 spiro atoms. The Morgan fingerprint density at radius 3 is 2.19 bits per heavy atom. The molecule has 0 fully saturated rings. The Hall–Kier alpha value is 0.0500. The van der Waals surface area contributed by atoms with Crippen molar-refractivity contribution >= 4 is 34.8 Å². The van der Waals surface area contributed by atoms with Gasteiger partial charge in [0.1, 0.15) is 0 Å². The number of hydrogen-bond donors (Lipinski definition) is 1. The summed E-state index contributed by atoms with van der Waals surface area (Å²) in [6.07, 6.45) is 1.90.